The lowest BCUT2D eigenvalue weighted by Crippen LogP contribution is -2.53. The summed E-state index contributed by atoms with van der Waals surface area (Å²) in [5.41, 5.74) is 0. The Morgan fingerprint density at radius 1 is 1.53 bits per heavy atom. The number of piperidine rings is 1. The highest BCUT2D eigenvalue weighted by atomic mass is 16.4. The molecule has 1 heterocycles. The number of rotatable bonds is 3. The maximum atomic E-state index is 11.2. The maximum absolute atomic E-state index is 11.2. The van der Waals surface area contributed by atoms with Crippen molar-refractivity contribution in [3.05, 3.63) is 0 Å². The first-order chi connectivity index (χ1) is 7.09. The van der Waals surface area contributed by atoms with Crippen LogP contribution in [0.3, 0.4) is 0 Å². The molecule has 0 radical (unpaired) electrons. The predicted molar refractivity (Wildman–Crippen MR) is 50.2 cm³/mol. The summed E-state index contributed by atoms with van der Waals surface area (Å²) in [6, 6.07) is -1.20. The Kier molecular flexibility index (Phi) is 3.90. The number of carbonyl (C=O) groups excluding carboxylic acids is 2. The van der Waals surface area contributed by atoms with Crippen molar-refractivity contribution in [2.75, 3.05) is 13.1 Å². The van der Waals surface area contributed by atoms with Crippen molar-refractivity contribution in [1.29, 1.82) is 0 Å². The van der Waals surface area contributed by atoms with Gasteiger partial charge in [-0.15, -0.1) is 0 Å². The van der Waals surface area contributed by atoms with E-state index >= 15 is 0 Å². The van der Waals surface area contributed by atoms with Crippen LogP contribution in [0.25, 0.3) is 0 Å². The van der Waals surface area contributed by atoms with E-state index in [0.29, 0.717) is 13.0 Å². The van der Waals surface area contributed by atoms with Gasteiger partial charge in [0.15, 0.2) is 0 Å². The van der Waals surface area contributed by atoms with Crippen molar-refractivity contribution in [1.82, 2.24) is 16.0 Å². The molecule has 0 aromatic heterocycles. The minimum atomic E-state index is -1.13. The molecule has 1 saturated heterocycles. The molecule has 3 amide bonds. The third-order valence-electron chi connectivity index (χ3n) is 1.99. The van der Waals surface area contributed by atoms with E-state index in [0.717, 1.165) is 6.42 Å². The molecule has 0 aromatic carbocycles. The molecule has 0 aliphatic carbocycles. The highest BCUT2D eigenvalue weighted by Gasteiger charge is 2.23. The van der Waals surface area contributed by atoms with Gasteiger partial charge in [-0.2, -0.15) is 0 Å². The predicted octanol–water partition coefficient (Wildman–Crippen LogP) is -1.35. The number of carboxylic acid groups (broad SMARTS) is 1. The Balaban J connectivity index is 2.30. The largest absolute Gasteiger partial charge is 0.480 e. The molecule has 84 valence electrons. The molecule has 7 nitrogen and oxygen atoms in total. The summed E-state index contributed by atoms with van der Waals surface area (Å²) in [4.78, 5) is 32.4. The average molecular weight is 215 g/mol. The molecule has 15 heavy (non-hydrogen) atoms. The molecule has 1 aliphatic rings. The molecular formula is C8H13N3O4. The van der Waals surface area contributed by atoms with Crippen molar-refractivity contribution in [3.8, 4) is 0 Å². The van der Waals surface area contributed by atoms with Gasteiger partial charge in [0, 0.05) is 6.54 Å². The van der Waals surface area contributed by atoms with Gasteiger partial charge in [-0.3, -0.25) is 9.59 Å². The van der Waals surface area contributed by atoms with Crippen LogP contribution in [0.5, 0.6) is 0 Å². The molecule has 4 N–H and O–H groups in total. The lowest BCUT2D eigenvalue weighted by atomic mass is 10.1. The first-order valence-corrected chi connectivity index (χ1v) is 4.63. The second-order valence-corrected chi connectivity index (χ2v) is 3.21. The molecule has 1 fully saturated rings. The highest BCUT2D eigenvalue weighted by molar-refractivity contribution is 5.88. The van der Waals surface area contributed by atoms with Crippen LogP contribution in [0.15, 0.2) is 0 Å². The third kappa shape index (κ3) is 3.84. The number of hydrogen-bond donors (Lipinski definition) is 4. The number of urea groups is 1. The lowest BCUT2D eigenvalue weighted by Gasteiger charge is -2.22. The lowest BCUT2D eigenvalue weighted by molar-refractivity contribution is -0.135. The molecule has 0 bridgehead atoms. The van der Waals surface area contributed by atoms with E-state index < -0.39 is 24.6 Å². The number of carboxylic acids is 1. The first kappa shape index (κ1) is 11.3. The fourth-order valence-electron chi connectivity index (χ4n) is 1.27. The molecule has 1 atom stereocenters. The first-order valence-electron chi connectivity index (χ1n) is 4.63. The molecule has 1 unspecified atom stereocenters. The summed E-state index contributed by atoms with van der Waals surface area (Å²) in [7, 11) is 0. The van der Waals surface area contributed by atoms with Gasteiger partial charge in [-0.25, -0.2) is 4.79 Å². The zero-order chi connectivity index (χ0) is 11.3. The van der Waals surface area contributed by atoms with Crippen LogP contribution in [0.2, 0.25) is 0 Å². The molecular weight excluding hydrogens is 202 g/mol. The van der Waals surface area contributed by atoms with Gasteiger partial charge in [0.05, 0.1) is 0 Å². The van der Waals surface area contributed by atoms with Crippen LogP contribution in [0.1, 0.15) is 12.8 Å². The fourth-order valence-corrected chi connectivity index (χ4v) is 1.27. The number of nitrogens with one attached hydrogen (secondary N) is 3. The monoisotopic (exact) mass is 215 g/mol. The van der Waals surface area contributed by atoms with Gasteiger partial charge in [-0.05, 0) is 12.8 Å². The number of aliphatic carboxylic acids is 1. The second-order valence-electron chi connectivity index (χ2n) is 3.21. The number of amides is 3. The van der Waals surface area contributed by atoms with Crippen molar-refractivity contribution >= 4 is 17.9 Å². The Labute approximate surface area is 86.2 Å². The SMILES string of the molecule is O=C(O)CNC(=O)NC1CCCNC1=O. The number of hydrogen-bond acceptors (Lipinski definition) is 3. The zero-order valence-corrected chi connectivity index (χ0v) is 8.08. The summed E-state index contributed by atoms with van der Waals surface area (Å²) in [5, 5.41) is 15.4. The summed E-state index contributed by atoms with van der Waals surface area (Å²) in [5.74, 6) is -1.36. The smallest absolute Gasteiger partial charge is 0.323 e. The van der Waals surface area contributed by atoms with Gasteiger partial charge in [0.1, 0.15) is 12.6 Å². The topological polar surface area (TPSA) is 108 Å². The van der Waals surface area contributed by atoms with E-state index in [-0.39, 0.29) is 5.91 Å². The second kappa shape index (κ2) is 5.18. The van der Waals surface area contributed by atoms with Gasteiger partial charge in [0.25, 0.3) is 0 Å². The average Bonchev–Trinajstić information content (AvgIpc) is 2.18. The molecule has 0 saturated carbocycles. The van der Waals surface area contributed by atoms with Crippen LogP contribution < -0.4 is 16.0 Å². The van der Waals surface area contributed by atoms with Gasteiger partial charge < -0.3 is 21.1 Å². The van der Waals surface area contributed by atoms with Gasteiger partial charge >= 0.3 is 12.0 Å². The van der Waals surface area contributed by atoms with E-state index in [2.05, 4.69) is 16.0 Å². The van der Waals surface area contributed by atoms with Crippen LogP contribution >= 0.6 is 0 Å². The molecule has 7 heteroatoms. The zero-order valence-electron chi connectivity index (χ0n) is 8.08. The standard InChI is InChI=1S/C8H13N3O4/c12-6(13)4-10-8(15)11-5-2-1-3-9-7(5)14/h5H,1-4H2,(H,9,14)(H,12,13)(H2,10,11,15). The van der Waals surface area contributed by atoms with E-state index in [1.54, 1.807) is 0 Å². The van der Waals surface area contributed by atoms with Crippen LogP contribution in [-0.4, -0.2) is 42.1 Å². The van der Waals surface area contributed by atoms with Crippen molar-refractivity contribution in [3.63, 3.8) is 0 Å². The van der Waals surface area contributed by atoms with Crippen molar-refractivity contribution in [2.24, 2.45) is 0 Å². The Morgan fingerprint density at radius 3 is 2.87 bits per heavy atom. The minimum absolute atomic E-state index is 0.230. The molecule has 1 rings (SSSR count). The summed E-state index contributed by atoms with van der Waals surface area (Å²) < 4.78 is 0. The van der Waals surface area contributed by atoms with E-state index in [4.69, 9.17) is 5.11 Å². The van der Waals surface area contributed by atoms with Crippen molar-refractivity contribution in [2.45, 2.75) is 18.9 Å². The van der Waals surface area contributed by atoms with Gasteiger partial charge in [0.2, 0.25) is 5.91 Å². The van der Waals surface area contributed by atoms with Crippen LogP contribution in [0, 0.1) is 0 Å². The summed E-state index contributed by atoms with van der Waals surface area (Å²) in [6.07, 6.45) is 1.38. The minimum Gasteiger partial charge on any atom is -0.480 e. The van der Waals surface area contributed by atoms with Crippen LogP contribution in [0.4, 0.5) is 4.79 Å². The van der Waals surface area contributed by atoms with E-state index in [1.165, 1.54) is 0 Å². The quantitative estimate of drug-likeness (QED) is 0.466. The Morgan fingerprint density at radius 2 is 2.27 bits per heavy atom. The van der Waals surface area contributed by atoms with Crippen molar-refractivity contribution < 1.29 is 19.5 Å². The van der Waals surface area contributed by atoms with E-state index in [1.807, 2.05) is 0 Å². The summed E-state index contributed by atoms with van der Waals surface area (Å²) in [6.45, 7) is 0.161. The highest BCUT2D eigenvalue weighted by Crippen LogP contribution is 2.02. The molecule has 0 spiro atoms. The fraction of sp³-hybridized carbons (Fsp3) is 0.625. The maximum Gasteiger partial charge on any atom is 0.323 e. The molecule has 0 aromatic rings. The third-order valence-corrected chi connectivity index (χ3v) is 1.99. The molecule has 1 aliphatic heterocycles. The Bertz CT molecular complexity index is 279. The summed E-state index contributed by atoms with van der Waals surface area (Å²) >= 11 is 0. The number of carbonyl (C=O) groups is 3. The Hall–Kier alpha value is -1.79. The normalized spacial score (nSPS) is 20.3. The van der Waals surface area contributed by atoms with Crippen LogP contribution in [-0.2, 0) is 9.59 Å². The van der Waals surface area contributed by atoms with E-state index in [9.17, 15) is 14.4 Å². The van der Waals surface area contributed by atoms with Gasteiger partial charge in [-0.1, -0.05) is 0 Å².